The second kappa shape index (κ2) is 9.09. The second-order valence-electron chi connectivity index (χ2n) is 8.48. The Hall–Kier alpha value is -4.24. The van der Waals surface area contributed by atoms with Gasteiger partial charge in [0.1, 0.15) is 5.82 Å². The Kier molecular flexibility index (Phi) is 5.61. The number of halogens is 1. The maximum absolute atomic E-state index is 14.1. The van der Waals surface area contributed by atoms with E-state index in [1.54, 1.807) is 29.2 Å². The first-order valence-electron chi connectivity index (χ1n) is 11.4. The molecule has 0 atom stereocenters. The van der Waals surface area contributed by atoms with Gasteiger partial charge in [-0.05, 0) is 53.9 Å². The van der Waals surface area contributed by atoms with E-state index < -0.39 is 5.82 Å². The fourth-order valence-electron chi connectivity index (χ4n) is 4.42. The first kappa shape index (κ1) is 22.2. The Morgan fingerprint density at radius 3 is 2.81 bits per heavy atom. The Morgan fingerprint density at radius 1 is 1.06 bits per heavy atom. The summed E-state index contributed by atoms with van der Waals surface area (Å²) in [7, 11) is 0. The number of benzene rings is 3. The van der Waals surface area contributed by atoms with Crippen LogP contribution in [0, 0.1) is 5.82 Å². The highest BCUT2D eigenvalue weighted by Gasteiger charge is 2.27. The number of carbonyl (C=O) groups excluding carboxylic acids is 2. The molecule has 3 heterocycles. The molecule has 180 valence electrons. The molecular formula is C27H20FN3O4S. The Morgan fingerprint density at radius 2 is 1.92 bits per heavy atom. The second-order valence-corrected chi connectivity index (χ2v) is 9.34. The van der Waals surface area contributed by atoms with Crippen LogP contribution in [0.4, 0.5) is 15.2 Å². The lowest BCUT2D eigenvalue weighted by atomic mass is 10.1. The van der Waals surface area contributed by atoms with Crippen LogP contribution in [0.2, 0.25) is 0 Å². The number of amides is 2. The van der Waals surface area contributed by atoms with E-state index in [9.17, 15) is 14.0 Å². The summed E-state index contributed by atoms with van der Waals surface area (Å²) in [6, 6.07) is 17.2. The van der Waals surface area contributed by atoms with Gasteiger partial charge in [-0.25, -0.2) is 9.37 Å². The van der Waals surface area contributed by atoms with E-state index in [1.165, 1.54) is 23.5 Å². The number of ether oxygens (including phenoxy) is 2. The number of anilines is 2. The molecule has 36 heavy (non-hydrogen) atoms. The number of rotatable bonds is 5. The molecule has 0 aliphatic carbocycles. The first-order chi connectivity index (χ1) is 17.5. The van der Waals surface area contributed by atoms with Crippen LogP contribution in [-0.4, -0.2) is 30.1 Å². The third-order valence-electron chi connectivity index (χ3n) is 6.17. The van der Waals surface area contributed by atoms with E-state index >= 15 is 0 Å². The largest absolute Gasteiger partial charge is 0.454 e. The van der Waals surface area contributed by atoms with Crippen molar-refractivity contribution in [1.82, 2.24) is 4.98 Å². The molecule has 0 fully saturated rings. The van der Waals surface area contributed by atoms with Crippen LogP contribution in [0.25, 0.3) is 11.3 Å². The van der Waals surface area contributed by atoms with Crippen molar-refractivity contribution in [3.8, 4) is 22.8 Å². The van der Waals surface area contributed by atoms with Crippen LogP contribution in [0.15, 0.2) is 66.0 Å². The topological polar surface area (TPSA) is 80.8 Å². The summed E-state index contributed by atoms with van der Waals surface area (Å²) in [5.41, 5.74) is 4.29. The lowest BCUT2D eigenvalue weighted by molar-refractivity contribution is -0.115. The zero-order valence-electron chi connectivity index (χ0n) is 19.0. The van der Waals surface area contributed by atoms with Crippen molar-refractivity contribution in [1.29, 1.82) is 0 Å². The number of aromatic nitrogens is 1. The minimum Gasteiger partial charge on any atom is -0.454 e. The summed E-state index contributed by atoms with van der Waals surface area (Å²) in [6.45, 7) is 0.680. The number of nitrogens with one attached hydrogen (secondary N) is 1. The molecular weight excluding hydrogens is 481 g/mol. The number of nitrogens with zero attached hydrogens (tertiary/aromatic N) is 2. The van der Waals surface area contributed by atoms with Gasteiger partial charge >= 0.3 is 0 Å². The van der Waals surface area contributed by atoms with Gasteiger partial charge in [-0.15, -0.1) is 11.3 Å². The highest BCUT2D eigenvalue weighted by atomic mass is 32.1. The lowest BCUT2D eigenvalue weighted by Gasteiger charge is -2.18. The summed E-state index contributed by atoms with van der Waals surface area (Å²) in [6.07, 6.45) is 0.864. The van der Waals surface area contributed by atoms with Gasteiger partial charge < -0.3 is 19.7 Å². The quantitative estimate of drug-likeness (QED) is 0.413. The third kappa shape index (κ3) is 4.18. The van der Waals surface area contributed by atoms with Crippen molar-refractivity contribution in [2.24, 2.45) is 0 Å². The fourth-order valence-corrected chi connectivity index (χ4v) is 5.15. The zero-order chi connectivity index (χ0) is 24.6. The average molecular weight is 502 g/mol. The van der Waals surface area contributed by atoms with Crippen molar-refractivity contribution in [3.63, 3.8) is 0 Å². The number of hydrogen-bond donors (Lipinski definition) is 1. The standard InChI is InChI=1S/C27H20FN3O4S/c28-20-4-2-1-3-19(20)26(33)31-10-9-18-13-17(6-7-22(18)31)21-14-36-27(29-21)30-25(32)12-16-5-8-23-24(11-16)35-15-34-23/h1-8,11,13-14H,9-10,12,15H2,(H,29,30,32). The van der Waals surface area contributed by atoms with Gasteiger partial charge in [0.05, 0.1) is 17.7 Å². The Labute approximate surface area is 210 Å². The van der Waals surface area contributed by atoms with Gasteiger partial charge in [0, 0.05) is 23.2 Å². The molecule has 0 spiro atoms. The molecule has 7 nitrogen and oxygen atoms in total. The highest BCUT2D eigenvalue weighted by Crippen LogP contribution is 2.35. The van der Waals surface area contributed by atoms with E-state index in [0.717, 1.165) is 28.1 Å². The molecule has 2 aliphatic heterocycles. The summed E-state index contributed by atoms with van der Waals surface area (Å²) >= 11 is 1.35. The van der Waals surface area contributed by atoms with Crippen LogP contribution in [0.3, 0.4) is 0 Å². The first-order valence-corrected chi connectivity index (χ1v) is 12.3. The van der Waals surface area contributed by atoms with Crippen LogP contribution >= 0.6 is 11.3 Å². The highest BCUT2D eigenvalue weighted by molar-refractivity contribution is 7.14. The van der Waals surface area contributed by atoms with E-state index in [2.05, 4.69) is 10.3 Å². The lowest BCUT2D eigenvalue weighted by Crippen LogP contribution is -2.29. The van der Waals surface area contributed by atoms with Crippen molar-refractivity contribution >= 4 is 34.0 Å². The minimum atomic E-state index is -0.525. The Balaban J connectivity index is 1.14. The number of thiazole rings is 1. The summed E-state index contributed by atoms with van der Waals surface area (Å²) in [5, 5.41) is 5.25. The van der Waals surface area contributed by atoms with Gasteiger partial charge in [0.25, 0.3) is 5.91 Å². The molecule has 3 aromatic carbocycles. The molecule has 1 aromatic heterocycles. The predicted molar refractivity (Wildman–Crippen MR) is 134 cm³/mol. The third-order valence-corrected chi connectivity index (χ3v) is 6.93. The smallest absolute Gasteiger partial charge is 0.261 e. The monoisotopic (exact) mass is 501 g/mol. The normalized spacial score (nSPS) is 13.5. The van der Waals surface area contributed by atoms with Crippen LogP contribution in [0.1, 0.15) is 21.5 Å². The fraction of sp³-hybridized carbons (Fsp3) is 0.148. The predicted octanol–water partition coefficient (Wildman–Crippen LogP) is 5.06. The van der Waals surface area contributed by atoms with Crippen molar-refractivity contribution in [3.05, 3.63) is 88.6 Å². The molecule has 2 aliphatic rings. The van der Waals surface area contributed by atoms with Gasteiger partial charge in [0.2, 0.25) is 12.7 Å². The average Bonchev–Trinajstić information content (AvgIpc) is 3.63. The molecule has 2 amide bonds. The van der Waals surface area contributed by atoms with Crippen LogP contribution in [-0.2, 0) is 17.6 Å². The molecule has 0 saturated carbocycles. The molecule has 0 radical (unpaired) electrons. The van der Waals surface area contributed by atoms with Gasteiger partial charge in [-0.1, -0.05) is 24.3 Å². The molecule has 9 heteroatoms. The molecule has 0 unspecified atom stereocenters. The van der Waals surface area contributed by atoms with Gasteiger partial charge in [-0.3, -0.25) is 9.59 Å². The number of hydrogen-bond acceptors (Lipinski definition) is 6. The minimum absolute atomic E-state index is 0.0649. The van der Waals surface area contributed by atoms with E-state index in [0.29, 0.717) is 29.6 Å². The zero-order valence-corrected chi connectivity index (χ0v) is 19.8. The molecule has 0 saturated heterocycles. The van der Waals surface area contributed by atoms with Crippen LogP contribution in [0.5, 0.6) is 11.5 Å². The van der Waals surface area contributed by atoms with Crippen molar-refractivity contribution < 1.29 is 23.5 Å². The summed E-state index contributed by atoms with van der Waals surface area (Å²) in [5.74, 6) is 0.273. The molecule has 0 bridgehead atoms. The number of fused-ring (bicyclic) bond motifs is 2. The molecule has 4 aromatic rings. The van der Waals surface area contributed by atoms with Crippen molar-refractivity contribution in [2.75, 3.05) is 23.6 Å². The molecule has 1 N–H and O–H groups in total. The van der Waals surface area contributed by atoms with Crippen LogP contribution < -0.4 is 19.7 Å². The molecule has 6 rings (SSSR count). The maximum Gasteiger partial charge on any atom is 0.261 e. The Bertz CT molecular complexity index is 1500. The SMILES string of the molecule is O=C(Cc1ccc2c(c1)OCO2)Nc1nc(-c2ccc3c(c2)CCN3C(=O)c2ccccc2F)cs1. The van der Waals surface area contributed by atoms with Gasteiger partial charge in [0.15, 0.2) is 16.6 Å². The number of carbonyl (C=O) groups is 2. The summed E-state index contributed by atoms with van der Waals surface area (Å²) < 4.78 is 24.8. The van der Waals surface area contributed by atoms with E-state index in [-0.39, 0.29) is 30.6 Å². The summed E-state index contributed by atoms with van der Waals surface area (Å²) in [4.78, 5) is 31.6. The van der Waals surface area contributed by atoms with Gasteiger partial charge in [-0.2, -0.15) is 0 Å². The van der Waals surface area contributed by atoms with E-state index in [4.69, 9.17) is 9.47 Å². The van der Waals surface area contributed by atoms with Crippen molar-refractivity contribution in [2.45, 2.75) is 12.8 Å². The maximum atomic E-state index is 14.1. The van der Waals surface area contributed by atoms with E-state index in [1.807, 2.05) is 29.6 Å².